The number of aryl methyl sites for hydroxylation is 2. The van der Waals surface area contributed by atoms with Gasteiger partial charge >= 0.3 is 5.97 Å². The zero-order valence-electron chi connectivity index (χ0n) is 13.5. The highest BCUT2D eigenvalue weighted by Crippen LogP contribution is 2.34. The third-order valence-electron chi connectivity index (χ3n) is 3.94. The molecule has 0 saturated carbocycles. The van der Waals surface area contributed by atoms with Crippen LogP contribution in [0.1, 0.15) is 33.0 Å². The molecule has 0 radical (unpaired) electrons. The van der Waals surface area contributed by atoms with Crippen LogP contribution in [0.25, 0.3) is 10.2 Å². The summed E-state index contributed by atoms with van der Waals surface area (Å²) in [4.78, 5) is 30.5. The Morgan fingerprint density at radius 1 is 1.27 bits per heavy atom. The van der Waals surface area contributed by atoms with Crippen molar-refractivity contribution in [3.63, 3.8) is 0 Å². The van der Waals surface area contributed by atoms with E-state index < -0.39 is 17.6 Å². The van der Waals surface area contributed by atoms with E-state index in [0.29, 0.717) is 15.8 Å². The number of aromatic carboxylic acids is 1. The van der Waals surface area contributed by atoms with Gasteiger partial charge < -0.3 is 15.8 Å². The maximum atomic E-state index is 12.3. The summed E-state index contributed by atoms with van der Waals surface area (Å²) >= 11 is 1.44. The highest BCUT2D eigenvalue weighted by Gasteiger charge is 2.22. The second kappa shape index (κ2) is 7.30. The molecule has 0 fully saturated rings. The molecule has 0 bridgehead atoms. The third-order valence-corrected chi connectivity index (χ3v) is 5.12. The summed E-state index contributed by atoms with van der Waals surface area (Å²) in [6.07, 6.45) is 2.93. The van der Waals surface area contributed by atoms with Crippen LogP contribution < -0.4 is 11.3 Å². The second-order valence-electron chi connectivity index (χ2n) is 5.74. The molecule has 3 aromatic rings. The van der Waals surface area contributed by atoms with Crippen molar-refractivity contribution >= 4 is 27.5 Å². The normalized spacial score (nSPS) is 12.6. The van der Waals surface area contributed by atoms with Gasteiger partial charge in [-0.3, -0.25) is 4.79 Å². The van der Waals surface area contributed by atoms with Crippen molar-refractivity contribution in [2.75, 3.05) is 0 Å². The quantitative estimate of drug-likeness (QED) is 0.634. The molecule has 0 unspecified atom stereocenters. The fraction of sp³-hybridized carbons (Fsp3) is 0.235. The number of nitrogens with one attached hydrogen (secondary N) is 1. The maximum absolute atomic E-state index is 12.3. The lowest BCUT2D eigenvalue weighted by molar-refractivity contribution is 0.0683. The molecule has 0 amide bonds. The van der Waals surface area contributed by atoms with Crippen LogP contribution in [0.4, 0.5) is 8.78 Å². The Morgan fingerprint density at radius 3 is 2.58 bits per heavy atom. The van der Waals surface area contributed by atoms with Crippen LogP contribution in [0.2, 0.25) is 0 Å². The Labute approximate surface area is 150 Å². The van der Waals surface area contributed by atoms with E-state index in [1.807, 2.05) is 0 Å². The molecule has 0 saturated heterocycles. The van der Waals surface area contributed by atoms with Gasteiger partial charge in [-0.05, 0) is 42.5 Å². The van der Waals surface area contributed by atoms with Crippen molar-refractivity contribution < 1.29 is 18.7 Å². The van der Waals surface area contributed by atoms with Crippen LogP contribution in [0.3, 0.4) is 0 Å². The molecule has 1 aliphatic carbocycles. The minimum atomic E-state index is -1.20. The van der Waals surface area contributed by atoms with E-state index in [1.165, 1.54) is 28.3 Å². The molecule has 1 aliphatic rings. The number of carboxylic acid groups (broad SMARTS) is 1. The number of nitrogens with two attached hydrogens (primary N) is 1. The molecule has 4 N–H and O–H groups in total. The number of aromatic amines is 1. The number of benzene rings is 1. The van der Waals surface area contributed by atoms with Gasteiger partial charge in [-0.15, -0.1) is 11.3 Å². The highest BCUT2D eigenvalue weighted by atomic mass is 32.1. The molecule has 4 rings (SSSR count). The van der Waals surface area contributed by atoms with Crippen molar-refractivity contribution in [3.8, 4) is 0 Å². The number of halogens is 2. The third kappa shape index (κ3) is 3.63. The number of hydrogen-bond acceptors (Lipinski definition) is 5. The monoisotopic (exact) mass is 379 g/mol. The van der Waals surface area contributed by atoms with Crippen molar-refractivity contribution in [1.29, 1.82) is 0 Å². The van der Waals surface area contributed by atoms with Gasteiger partial charge in [0.15, 0.2) is 0 Å². The van der Waals surface area contributed by atoms with Crippen molar-refractivity contribution in [1.82, 2.24) is 9.97 Å². The SMILES string of the molecule is NCc1cc(F)cc(F)c1.O=C(O)c1nc2sc3c(c2c(=O)[nH]1)CCC3. The average molecular weight is 379 g/mol. The first-order valence-electron chi connectivity index (χ1n) is 7.82. The molecule has 136 valence electrons. The van der Waals surface area contributed by atoms with E-state index in [0.717, 1.165) is 30.9 Å². The smallest absolute Gasteiger partial charge is 0.372 e. The number of H-pyrrole nitrogens is 1. The number of aromatic nitrogens is 2. The Morgan fingerprint density at radius 2 is 1.96 bits per heavy atom. The molecule has 9 heteroatoms. The van der Waals surface area contributed by atoms with Gasteiger partial charge in [-0.2, -0.15) is 0 Å². The Kier molecular flexibility index (Phi) is 5.10. The second-order valence-corrected chi connectivity index (χ2v) is 6.82. The minimum absolute atomic E-state index is 0.161. The first kappa shape index (κ1) is 18.2. The summed E-state index contributed by atoms with van der Waals surface area (Å²) in [6, 6.07) is 3.24. The van der Waals surface area contributed by atoms with Crippen LogP contribution in [0.5, 0.6) is 0 Å². The first-order chi connectivity index (χ1) is 12.4. The summed E-state index contributed by atoms with van der Waals surface area (Å²) in [7, 11) is 0. The molecular weight excluding hydrogens is 364 g/mol. The van der Waals surface area contributed by atoms with E-state index in [-0.39, 0.29) is 17.9 Å². The summed E-state index contributed by atoms with van der Waals surface area (Å²) in [5, 5.41) is 9.37. The Bertz CT molecular complexity index is 1030. The summed E-state index contributed by atoms with van der Waals surface area (Å²) in [6.45, 7) is 0.161. The van der Waals surface area contributed by atoms with Crippen molar-refractivity contribution in [2.24, 2.45) is 5.73 Å². The van der Waals surface area contributed by atoms with E-state index >= 15 is 0 Å². The molecule has 2 heterocycles. The minimum Gasteiger partial charge on any atom is -0.475 e. The van der Waals surface area contributed by atoms with Gasteiger partial charge in [0.05, 0.1) is 5.39 Å². The van der Waals surface area contributed by atoms with Gasteiger partial charge in [-0.1, -0.05) is 0 Å². The fourth-order valence-electron chi connectivity index (χ4n) is 2.83. The van der Waals surface area contributed by atoms with Gasteiger partial charge in [-0.25, -0.2) is 18.6 Å². The average Bonchev–Trinajstić information content (AvgIpc) is 3.14. The Hall–Kier alpha value is -2.65. The first-order valence-corrected chi connectivity index (χ1v) is 8.63. The maximum Gasteiger partial charge on any atom is 0.372 e. The standard InChI is InChI=1S/C10H8N2O3S.C7H7F2N/c13-8-6-4-2-1-3-5(4)16-9(6)12-7(11-8)10(14)15;8-6-1-5(4-10)2-7(9)3-6/h1-3H2,(H,14,15)(H,11,12,13);1-3H,4,10H2. The number of nitrogens with zero attached hydrogens (tertiary/aromatic N) is 1. The highest BCUT2D eigenvalue weighted by molar-refractivity contribution is 7.18. The molecule has 0 atom stereocenters. The van der Waals surface area contributed by atoms with Gasteiger partial charge in [0.1, 0.15) is 16.5 Å². The number of fused-ring (bicyclic) bond motifs is 3. The lowest BCUT2D eigenvalue weighted by Crippen LogP contribution is -2.15. The number of thiophene rings is 1. The molecular formula is C17H15F2N3O3S. The van der Waals surface area contributed by atoms with Crippen LogP contribution in [0, 0.1) is 11.6 Å². The van der Waals surface area contributed by atoms with E-state index in [1.54, 1.807) is 0 Å². The molecule has 1 aromatic carbocycles. The predicted molar refractivity (Wildman–Crippen MR) is 93.5 cm³/mol. The molecule has 0 spiro atoms. The zero-order valence-corrected chi connectivity index (χ0v) is 14.3. The van der Waals surface area contributed by atoms with Gasteiger partial charge in [0.25, 0.3) is 5.56 Å². The van der Waals surface area contributed by atoms with E-state index in [2.05, 4.69) is 9.97 Å². The predicted octanol–water partition coefficient (Wildman–Crippen LogP) is 2.60. The fourth-order valence-corrected chi connectivity index (χ4v) is 4.09. The van der Waals surface area contributed by atoms with Crippen molar-refractivity contribution in [2.45, 2.75) is 25.8 Å². The largest absolute Gasteiger partial charge is 0.475 e. The van der Waals surface area contributed by atoms with Crippen molar-refractivity contribution in [3.05, 3.63) is 62.0 Å². The van der Waals surface area contributed by atoms with Crippen LogP contribution in [0.15, 0.2) is 23.0 Å². The zero-order chi connectivity index (χ0) is 18.8. The van der Waals surface area contributed by atoms with E-state index in [4.69, 9.17) is 10.8 Å². The Balaban J connectivity index is 0.000000170. The number of carboxylic acids is 1. The number of hydrogen-bond donors (Lipinski definition) is 3. The van der Waals surface area contributed by atoms with Gasteiger partial charge in [0.2, 0.25) is 5.82 Å². The topological polar surface area (TPSA) is 109 Å². The lowest BCUT2D eigenvalue weighted by Gasteiger charge is -1.95. The number of carbonyl (C=O) groups is 1. The molecule has 0 aliphatic heterocycles. The van der Waals surface area contributed by atoms with Crippen LogP contribution in [-0.2, 0) is 19.4 Å². The summed E-state index contributed by atoms with van der Waals surface area (Å²) < 4.78 is 24.6. The molecule has 2 aromatic heterocycles. The van der Waals surface area contributed by atoms with Crippen LogP contribution in [-0.4, -0.2) is 21.0 Å². The number of rotatable bonds is 2. The lowest BCUT2D eigenvalue weighted by atomic mass is 10.2. The molecule has 6 nitrogen and oxygen atoms in total. The molecule has 26 heavy (non-hydrogen) atoms. The summed E-state index contributed by atoms with van der Waals surface area (Å²) in [5.74, 6) is -2.65. The van der Waals surface area contributed by atoms with E-state index in [9.17, 15) is 18.4 Å². The van der Waals surface area contributed by atoms with Crippen LogP contribution >= 0.6 is 11.3 Å². The van der Waals surface area contributed by atoms with Gasteiger partial charge in [0, 0.05) is 17.5 Å². The summed E-state index contributed by atoms with van der Waals surface area (Å²) in [5.41, 5.74) is 6.35.